The Morgan fingerprint density at radius 3 is 2.48 bits per heavy atom. The van der Waals surface area contributed by atoms with Crippen molar-refractivity contribution in [1.82, 2.24) is 20.4 Å². The number of nitrogens with one attached hydrogen (secondary N) is 1. The second kappa shape index (κ2) is 7.26. The summed E-state index contributed by atoms with van der Waals surface area (Å²) in [5.74, 6) is 0.381. The monoisotopic (exact) mass is 371 g/mol. The second-order valence-electron chi connectivity index (χ2n) is 5.49. The first-order chi connectivity index (χ1) is 11.9. The summed E-state index contributed by atoms with van der Waals surface area (Å²) < 4.78 is 37.5. The van der Waals surface area contributed by atoms with Gasteiger partial charge in [0.2, 0.25) is 0 Å². The highest BCUT2D eigenvalue weighted by atomic mass is 32.1. The molecule has 1 N–H and O–H groups in total. The molecule has 0 bridgehead atoms. The van der Waals surface area contributed by atoms with E-state index in [-0.39, 0.29) is 6.03 Å². The first kappa shape index (κ1) is 17.5. The molecule has 10 heteroatoms. The van der Waals surface area contributed by atoms with Crippen LogP contribution in [0.1, 0.15) is 10.6 Å². The van der Waals surface area contributed by atoms with Crippen LogP contribution in [-0.4, -0.2) is 47.3 Å². The Labute approximate surface area is 146 Å². The zero-order chi connectivity index (χ0) is 17.9. The predicted octanol–water partition coefficient (Wildman–Crippen LogP) is 2.59. The summed E-state index contributed by atoms with van der Waals surface area (Å²) in [5.41, 5.74) is -1.01. The fourth-order valence-corrected chi connectivity index (χ4v) is 3.12. The summed E-state index contributed by atoms with van der Waals surface area (Å²) in [6, 6.07) is 5.96. The van der Waals surface area contributed by atoms with Gasteiger partial charge in [-0.05, 0) is 23.6 Å². The molecule has 25 heavy (non-hydrogen) atoms. The zero-order valence-corrected chi connectivity index (χ0v) is 14.0. The normalized spacial score (nSPS) is 15.3. The topological polar surface area (TPSA) is 61.4 Å². The molecule has 0 unspecified atom stereocenters. The van der Waals surface area contributed by atoms with Crippen LogP contribution in [0.4, 0.5) is 23.8 Å². The number of hydrogen-bond donors (Lipinski definition) is 1. The van der Waals surface area contributed by atoms with Crippen molar-refractivity contribution in [3.8, 4) is 0 Å². The summed E-state index contributed by atoms with van der Waals surface area (Å²) >= 11 is 1.58. The van der Waals surface area contributed by atoms with Crippen LogP contribution in [0.2, 0.25) is 0 Å². The molecule has 2 amide bonds. The maximum Gasteiger partial charge on any atom is 0.435 e. The molecule has 0 atom stereocenters. The lowest BCUT2D eigenvalue weighted by Crippen LogP contribution is -2.51. The van der Waals surface area contributed by atoms with Crippen LogP contribution in [0.5, 0.6) is 0 Å². The third-order valence-corrected chi connectivity index (χ3v) is 4.70. The Morgan fingerprint density at radius 1 is 1.16 bits per heavy atom. The van der Waals surface area contributed by atoms with Gasteiger partial charge in [0.25, 0.3) is 0 Å². The van der Waals surface area contributed by atoms with Gasteiger partial charge in [-0.3, -0.25) is 0 Å². The van der Waals surface area contributed by atoms with E-state index in [1.165, 1.54) is 6.07 Å². The van der Waals surface area contributed by atoms with Gasteiger partial charge in [0.1, 0.15) is 0 Å². The van der Waals surface area contributed by atoms with Crippen molar-refractivity contribution in [3.63, 3.8) is 0 Å². The number of alkyl halides is 3. The minimum absolute atomic E-state index is 0.147. The molecule has 134 valence electrons. The molecule has 1 fully saturated rings. The molecule has 3 heterocycles. The Morgan fingerprint density at radius 2 is 1.92 bits per heavy atom. The Hall–Kier alpha value is -2.36. The molecule has 0 spiro atoms. The van der Waals surface area contributed by atoms with Gasteiger partial charge in [0.15, 0.2) is 11.5 Å². The van der Waals surface area contributed by atoms with Crippen molar-refractivity contribution in [3.05, 3.63) is 40.2 Å². The number of anilines is 1. The minimum atomic E-state index is -4.50. The lowest BCUT2D eigenvalue weighted by molar-refractivity contribution is -0.141. The van der Waals surface area contributed by atoms with Crippen molar-refractivity contribution >= 4 is 23.2 Å². The smallest absolute Gasteiger partial charge is 0.352 e. The summed E-state index contributed by atoms with van der Waals surface area (Å²) in [6.45, 7) is 2.41. The van der Waals surface area contributed by atoms with Crippen LogP contribution in [0.25, 0.3) is 0 Å². The second-order valence-corrected chi connectivity index (χ2v) is 6.52. The quantitative estimate of drug-likeness (QED) is 0.901. The standard InChI is InChI=1S/C15H16F3N5OS/c16-15(17,18)12-3-4-13(21-20-12)22-5-7-23(8-6-22)14(24)19-10-11-2-1-9-25-11/h1-4,9H,5-8,10H2,(H,19,24). The summed E-state index contributed by atoms with van der Waals surface area (Å²) in [4.78, 5) is 16.7. The number of amides is 2. The van der Waals surface area contributed by atoms with E-state index in [0.717, 1.165) is 10.9 Å². The summed E-state index contributed by atoms with van der Waals surface area (Å²) in [5, 5.41) is 11.7. The van der Waals surface area contributed by atoms with E-state index in [2.05, 4.69) is 15.5 Å². The van der Waals surface area contributed by atoms with Crippen LogP contribution in [0.15, 0.2) is 29.6 Å². The number of aromatic nitrogens is 2. The van der Waals surface area contributed by atoms with Crippen molar-refractivity contribution in [2.45, 2.75) is 12.7 Å². The number of halogens is 3. The number of carbonyl (C=O) groups is 1. The molecule has 0 saturated carbocycles. The van der Waals surface area contributed by atoms with E-state index >= 15 is 0 Å². The van der Waals surface area contributed by atoms with Gasteiger partial charge in [-0.15, -0.1) is 21.5 Å². The van der Waals surface area contributed by atoms with E-state index in [1.807, 2.05) is 22.4 Å². The van der Waals surface area contributed by atoms with E-state index in [4.69, 9.17) is 0 Å². The molecule has 6 nitrogen and oxygen atoms in total. The largest absolute Gasteiger partial charge is 0.435 e. The van der Waals surface area contributed by atoms with Gasteiger partial charge in [-0.1, -0.05) is 6.07 Å². The van der Waals surface area contributed by atoms with Gasteiger partial charge in [0, 0.05) is 31.1 Å². The molecule has 3 rings (SSSR count). The van der Waals surface area contributed by atoms with Gasteiger partial charge < -0.3 is 15.1 Å². The molecular weight excluding hydrogens is 355 g/mol. The molecule has 1 saturated heterocycles. The highest BCUT2D eigenvalue weighted by Gasteiger charge is 2.33. The number of urea groups is 1. The van der Waals surface area contributed by atoms with Crippen LogP contribution in [0, 0.1) is 0 Å². The summed E-state index contributed by atoms with van der Waals surface area (Å²) in [6.07, 6.45) is -4.50. The lowest BCUT2D eigenvalue weighted by atomic mass is 10.3. The van der Waals surface area contributed by atoms with Gasteiger partial charge >= 0.3 is 12.2 Å². The fraction of sp³-hybridized carbons (Fsp3) is 0.400. The molecule has 1 aliphatic rings. The Kier molecular flexibility index (Phi) is 5.07. The Balaban J connectivity index is 1.50. The SMILES string of the molecule is O=C(NCc1cccs1)N1CCN(c2ccc(C(F)(F)F)nn2)CC1. The van der Waals surface area contributed by atoms with Crippen LogP contribution < -0.4 is 10.2 Å². The molecule has 0 aliphatic carbocycles. The third-order valence-electron chi connectivity index (χ3n) is 3.83. The van der Waals surface area contributed by atoms with Crippen LogP contribution >= 0.6 is 11.3 Å². The first-order valence-electron chi connectivity index (χ1n) is 7.64. The van der Waals surface area contributed by atoms with Crippen molar-refractivity contribution in [2.24, 2.45) is 0 Å². The molecule has 2 aromatic rings. The average Bonchev–Trinajstić information content (AvgIpc) is 3.13. The number of piperazine rings is 1. The molecule has 1 aliphatic heterocycles. The van der Waals surface area contributed by atoms with E-state index in [1.54, 1.807) is 16.2 Å². The third kappa shape index (κ3) is 4.38. The van der Waals surface area contributed by atoms with Gasteiger partial charge in [-0.2, -0.15) is 13.2 Å². The molecule has 0 aromatic carbocycles. The maximum absolute atomic E-state index is 12.5. The van der Waals surface area contributed by atoms with E-state index in [9.17, 15) is 18.0 Å². The van der Waals surface area contributed by atoms with E-state index < -0.39 is 11.9 Å². The first-order valence-corrected chi connectivity index (χ1v) is 8.52. The molecular formula is C15H16F3N5OS. The highest BCUT2D eigenvalue weighted by Crippen LogP contribution is 2.27. The highest BCUT2D eigenvalue weighted by molar-refractivity contribution is 7.09. The maximum atomic E-state index is 12.5. The van der Waals surface area contributed by atoms with Crippen LogP contribution in [0.3, 0.4) is 0 Å². The van der Waals surface area contributed by atoms with E-state index in [0.29, 0.717) is 38.5 Å². The Bertz CT molecular complexity index is 697. The van der Waals surface area contributed by atoms with Gasteiger partial charge in [0.05, 0.1) is 6.54 Å². The molecule has 0 radical (unpaired) electrons. The number of thiophene rings is 1. The van der Waals surface area contributed by atoms with Crippen molar-refractivity contribution in [1.29, 1.82) is 0 Å². The van der Waals surface area contributed by atoms with Crippen molar-refractivity contribution < 1.29 is 18.0 Å². The number of rotatable bonds is 3. The fourth-order valence-electron chi connectivity index (χ4n) is 2.47. The number of hydrogen-bond acceptors (Lipinski definition) is 5. The van der Waals surface area contributed by atoms with Gasteiger partial charge in [-0.25, -0.2) is 4.79 Å². The number of nitrogens with zero attached hydrogens (tertiary/aromatic N) is 4. The van der Waals surface area contributed by atoms with Crippen LogP contribution in [-0.2, 0) is 12.7 Å². The van der Waals surface area contributed by atoms with Crippen molar-refractivity contribution in [2.75, 3.05) is 31.1 Å². The minimum Gasteiger partial charge on any atom is -0.352 e. The molecule has 2 aromatic heterocycles. The number of carbonyl (C=O) groups excluding carboxylic acids is 1. The zero-order valence-electron chi connectivity index (χ0n) is 13.2. The predicted molar refractivity (Wildman–Crippen MR) is 87.4 cm³/mol. The average molecular weight is 371 g/mol. The lowest BCUT2D eigenvalue weighted by Gasteiger charge is -2.35. The summed E-state index contributed by atoms with van der Waals surface area (Å²) in [7, 11) is 0.